The molecule has 0 bridgehead atoms. The molecule has 1 aliphatic rings. The Bertz CT molecular complexity index is 666. The molecule has 0 saturated carbocycles. The number of benzene rings is 1. The first-order chi connectivity index (χ1) is 12.5. The number of carbonyl (C=O) groups excluding carboxylic acids is 2. The van der Waals surface area contributed by atoms with Gasteiger partial charge in [-0.1, -0.05) is 19.9 Å². The quantitative estimate of drug-likeness (QED) is 0.773. The number of aromatic carboxylic acids is 1. The van der Waals surface area contributed by atoms with Crippen molar-refractivity contribution < 1.29 is 19.5 Å². The molecule has 0 aromatic heterocycles. The number of hydrogen-bond acceptors (Lipinski definition) is 3. The van der Waals surface area contributed by atoms with Gasteiger partial charge in [0.25, 0.3) is 0 Å². The summed E-state index contributed by atoms with van der Waals surface area (Å²) in [5.41, 5.74) is 2.21. The molecule has 1 heterocycles. The summed E-state index contributed by atoms with van der Waals surface area (Å²) in [7, 11) is 0. The fraction of sp³-hybridized carbons (Fsp3) is 0.550. The number of fused-ring (bicyclic) bond motifs is 1. The third-order valence-corrected chi connectivity index (χ3v) is 4.71. The summed E-state index contributed by atoms with van der Waals surface area (Å²) in [5.74, 6) is -0.973. The zero-order valence-electron chi connectivity index (χ0n) is 15.7. The van der Waals surface area contributed by atoms with Crippen molar-refractivity contribution in [3.8, 4) is 0 Å². The average Bonchev–Trinajstić information content (AvgIpc) is 2.64. The molecule has 0 spiro atoms. The van der Waals surface area contributed by atoms with Gasteiger partial charge in [0, 0.05) is 39.0 Å². The number of amides is 2. The van der Waals surface area contributed by atoms with Crippen molar-refractivity contribution in [3.05, 3.63) is 34.9 Å². The summed E-state index contributed by atoms with van der Waals surface area (Å²) in [6, 6.07) is 5.08. The van der Waals surface area contributed by atoms with Crippen LogP contribution in [0.5, 0.6) is 0 Å². The number of carbonyl (C=O) groups is 3. The molecule has 1 aliphatic heterocycles. The van der Waals surface area contributed by atoms with Crippen LogP contribution in [0.3, 0.4) is 0 Å². The molecule has 2 amide bonds. The molecule has 142 valence electrons. The number of carboxylic acids is 1. The Balaban J connectivity index is 1.93. The summed E-state index contributed by atoms with van der Waals surface area (Å²) < 4.78 is 0. The van der Waals surface area contributed by atoms with Crippen LogP contribution in [-0.4, -0.2) is 52.3 Å². The summed E-state index contributed by atoms with van der Waals surface area (Å²) in [5, 5.41) is 9.12. The fourth-order valence-electron chi connectivity index (χ4n) is 3.33. The maximum absolute atomic E-state index is 12.5. The van der Waals surface area contributed by atoms with Gasteiger partial charge in [0.05, 0.1) is 5.56 Å². The molecule has 0 atom stereocenters. The molecule has 26 heavy (non-hydrogen) atoms. The van der Waals surface area contributed by atoms with E-state index in [0.29, 0.717) is 19.5 Å². The summed E-state index contributed by atoms with van der Waals surface area (Å²) in [6.45, 7) is 6.57. The first kappa shape index (κ1) is 19.9. The molecule has 1 aromatic rings. The van der Waals surface area contributed by atoms with Crippen molar-refractivity contribution in [2.75, 3.05) is 19.6 Å². The maximum atomic E-state index is 12.5. The van der Waals surface area contributed by atoms with Crippen LogP contribution in [0.2, 0.25) is 0 Å². The van der Waals surface area contributed by atoms with E-state index in [1.165, 1.54) is 0 Å². The van der Waals surface area contributed by atoms with Gasteiger partial charge in [0.1, 0.15) is 0 Å². The minimum atomic E-state index is -0.964. The van der Waals surface area contributed by atoms with E-state index in [4.69, 9.17) is 5.11 Å². The lowest BCUT2D eigenvalue weighted by Crippen LogP contribution is -2.37. The van der Waals surface area contributed by atoms with Gasteiger partial charge in [-0.25, -0.2) is 4.79 Å². The molecular formula is C20H28N2O4. The monoisotopic (exact) mass is 360 g/mol. The molecule has 0 aliphatic carbocycles. The van der Waals surface area contributed by atoms with E-state index in [1.54, 1.807) is 17.0 Å². The lowest BCUT2D eigenvalue weighted by molar-refractivity contribution is -0.137. The lowest BCUT2D eigenvalue weighted by atomic mass is 9.97. The highest BCUT2D eigenvalue weighted by Gasteiger charge is 2.23. The molecule has 6 heteroatoms. The molecule has 1 aromatic carbocycles. The van der Waals surface area contributed by atoms with Crippen molar-refractivity contribution in [1.82, 2.24) is 9.80 Å². The zero-order valence-corrected chi connectivity index (χ0v) is 15.7. The normalized spacial score (nSPS) is 13.2. The van der Waals surface area contributed by atoms with E-state index in [2.05, 4.69) is 0 Å². The largest absolute Gasteiger partial charge is 0.478 e. The Hall–Kier alpha value is -2.37. The van der Waals surface area contributed by atoms with Crippen molar-refractivity contribution in [2.45, 2.75) is 52.5 Å². The molecule has 1 N–H and O–H groups in total. The summed E-state index contributed by atoms with van der Waals surface area (Å²) in [6.07, 6.45) is 2.98. The van der Waals surface area contributed by atoms with Crippen LogP contribution < -0.4 is 0 Å². The average molecular weight is 360 g/mol. The van der Waals surface area contributed by atoms with Crippen molar-refractivity contribution in [1.29, 1.82) is 0 Å². The summed E-state index contributed by atoms with van der Waals surface area (Å²) >= 11 is 0. The topological polar surface area (TPSA) is 77.9 Å². The Morgan fingerprint density at radius 1 is 1.08 bits per heavy atom. The van der Waals surface area contributed by atoms with E-state index < -0.39 is 5.97 Å². The minimum Gasteiger partial charge on any atom is -0.478 e. The van der Waals surface area contributed by atoms with Crippen LogP contribution in [0, 0.1) is 0 Å². The highest BCUT2D eigenvalue weighted by Crippen LogP contribution is 2.21. The minimum absolute atomic E-state index is 0.0348. The Morgan fingerprint density at radius 2 is 1.77 bits per heavy atom. The van der Waals surface area contributed by atoms with Crippen molar-refractivity contribution in [2.24, 2.45) is 0 Å². The van der Waals surface area contributed by atoms with Gasteiger partial charge in [-0.3, -0.25) is 9.59 Å². The third kappa shape index (κ3) is 5.07. The summed E-state index contributed by atoms with van der Waals surface area (Å²) in [4.78, 5) is 39.5. The number of carboxylic acid groups (broad SMARTS) is 1. The van der Waals surface area contributed by atoms with E-state index in [0.717, 1.165) is 37.1 Å². The smallest absolute Gasteiger partial charge is 0.335 e. The van der Waals surface area contributed by atoms with Crippen LogP contribution >= 0.6 is 0 Å². The highest BCUT2D eigenvalue weighted by atomic mass is 16.4. The fourth-order valence-corrected chi connectivity index (χ4v) is 3.33. The van der Waals surface area contributed by atoms with Gasteiger partial charge in [0.15, 0.2) is 0 Å². The second-order valence-corrected chi connectivity index (χ2v) is 6.73. The number of hydrogen-bond donors (Lipinski definition) is 1. The third-order valence-electron chi connectivity index (χ3n) is 4.71. The van der Waals surface area contributed by atoms with Gasteiger partial charge < -0.3 is 14.9 Å². The van der Waals surface area contributed by atoms with E-state index in [-0.39, 0.29) is 30.2 Å². The Morgan fingerprint density at radius 3 is 2.38 bits per heavy atom. The molecule has 0 fully saturated rings. The first-order valence-corrected chi connectivity index (χ1v) is 9.36. The predicted octanol–water partition coefficient (Wildman–Crippen LogP) is 2.70. The number of rotatable bonds is 8. The zero-order chi connectivity index (χ0) is 19.1. The second-order valence-electron chi connectivity index (χ2n) is 6.73. The van der Waals surface area contributed by atoms with E-state index >= 15 is 0 Å². The van der Waals surface area contributed by atoms with Crippen molar-refractivity contribution >= 4 is 17.8 Å². The predicted molar refractivity (Wildman–Crippen MR) is 98.9 cm³/mol. The van der Waals surface area contributed by atoms with Gasteiger partial charge >= 0.3 is 5.97 Å². The van der Waals surface area contributed by atoms with Gasteiger partial charge in [-0.2, -0.15) is 0 Å². The first-order valence-electron chi connectivity index (χ1n) is 9.36. The second kappa shape index (κ2) is 9.36. The van der Waals surface area contributed by atoms with Crippen LogP contribution in [-0.2, 0) is 22.6 Å². The van der Waals surface area contributed by atoms with Crippen molar-refractivity contribution in [3.63, 3.8) is 0 Å². The van der Waals surface area contributed by atoms with E-state index in [1.807, 2.05) is 24.8 Å². The molecule has 6 nitrogen and oxygen atoms in total. The molecular weight excluding hydrogens is 332 g/mol. The lowest BCUT2D eigenvalue weighted by Gasteiger charge is -2.29. The highest BCUT2D eigenvalue weighted by molar-refractivity contribution is 5.88. The number of nitrogens with zero attached hydrogens (tertiary/aromatic N) is 2. The maximum Gasteiger partial charge on any atom is 0.335 e. The molecule has 2 rings (SSSR count). The van der Waals surface area contributed by atoms with Crippen LogP contribution in [0.25, 0.3) is 0 Å². The van der Waals surface area contributed by atoms with Crippen LogP contribution in [0.15, 0.2) is 18.2 Å². The Labute approximate surface area is 154 Å². The molecule has 0 radical (unpaired) electrons. The van der Waals surface area contributed by atoms with E-state index in [9.17, 15) is 14.4 Å². The van der Waals surface area contributed by atoms with Gasteiger partial charge in [-0.05, 0) is 42.5 Å². The van der Waals surface area contributed by atoms with Crippen LogP contribution in [0.1, 0.15) is 61.0 Å². The molecule has 0 saturated heterocycles. The Kier molecular flexibility index (Phi) is 7.18. The SMILES string of the molecule is CCCN(CCC)C(=O)CCC(=O)N1CCc2ccc(C(=O)O)cc2C1. The van der Waals surface area contributed by atoms with Gasteiger partial charge in [-0.15, -0.1) is 0 Å². The van der Waals surface area contributed by atoms with Crippen LogP contribution in [0.4, 0.5) is 0 Å². The standard InChI is InChI=1S/C20H28N2O4/c1-3-10-21(11-4-2)18(23)7-8-19(24)22-12-9-15-5-6-16(20(25)26)13-17(15)14-22/h5-6,13H,3-4,7-12,14H2,1-2H3,(H,25,26). The molecule has 0 unspecified atom stereocenters. The van der Waals surface area contributed by atoms with Gasteiger partial charge in [0.2, 0.25) is 11.8 Å².